The molecule has 0 saturated carbocycles. The molecule has 14 nitrogen and oxygen atoms in total. The zero-order valence-electron chi connectivity index (χ0n) is 27.0. The molecule has 0 bridgehead atoms. The van der Waals surface area contributed by atoms with Crippen molar-refractivity contribution in [2.45, 2.75) is 31.5 Å². The third-order valence-corrected chi connectivity index (χ3v) is 6.75. The van der Waals surface area contributed by atoms with E-state index >= 15 is 0 Å². The molecule has 2 aromatic carbocycles. The van der Waals surface area contributed by atoms with Crippen LogP contribution in [0, 0.1) is 0 Å². The quantitative estimate of drug-likeness (QED) is 0.0642. The first kappa shape index (κ1) is 37.5. The standard InChI is InChI=1S/C31H48N4O10/c1-31(2,23-7-11-27(12-8-23)44-21-25(38)19-34(3,4)32-29(40)42-17-15-36)24-9-13-28(14-10-24)45-22-26(39)20-35(5,6)33-30(41)43-18-16-37/h7-14,25-26,36-39H,15-22H2,1-6H3/p+1. The molecule has 2 atom stereocenters. The molecular formula is C31H49N4O10+. The average molecular weight is 638 g/mol. The van der Waals surface area contributed by atoms with Crippen LogP contribution in [0.4, 0.5) is 4.79 Å². The van der Waals surface area contributed by atoms with Gasteiger partial charge in [0.1, 0.15) is 56.6 Å². The second-order valence-corrected chi connectivity index (χ2v) is 12.2. The van der Waals surface area contributed by atoms with Gasteiger partial charge in [0.25, 0.3) is 0 Å². The van der Waals surface area contributed by atoms with E-state index < -0.39 is 24.4 Å². The normalized spacial score (nSPS) is 14.0. The van der Waals surface area contributed by atoms with Crippen molar-refractivity contribution in [3.63, 3.8) is 0 Å². The summed E-state index contributed by atoms with van der Waals surface area (Å²) in [5.74, 6) is 1.17. The highest BCUT2D eigenvalue weighted by molar-refractivity contribution is 5.65. The van der Waals surface area contributed by atoms with Gasteiger partial charge in [-0.3, -0.25) is 0 Å². The Bertz CT molecular complexity index is 1200. The Hall–Kier alpha value is -3.66. The number of aliphatic hydroxyl groups is 4. The van der Waals surface area contributed by atoms with Gasteiger partial charge in [-0.05, 0) is 35.4 Å². The van der Waals surface area contributed by atoms with Crippen LogP contribution in [0.25, 0.3) is 0 Å². The number of amides is 1. The van der Waals surface area contributed by atoms with Gasteiger partial charge in [-0.1, -0.05) is 43.2 Å². The molecule has 2 rings (SSSR count). The summed E-state index contributed by atoms with van der Waals surface area (Å²) in [6.45, 7) is 3.71. The van der Waals surface area contributed by atoms with Crippen molar-refractivity contribution in [3.8, 4) is 11.5 Å². The number of nitrogens with zero attached hydrogens (tertiary/aromatic N) is 3. The maximum absolute atomic E-state index is 11.7. The molecule has 0 aliphatic heterocycles. The monoisotopic (exact) mass is 637 g/mol. The summed E-state index contributed by atoms with van der Waals surface area (Å²) >= 11 is 0. The number of ether oxygens (including phenoxy) is 4. The van der Waals surface area contributed by atoms with Gasteiger partial charge in [0.05, 0.1) is 41.4 Å². The summed E-state index contributed by atoms with van der Waals surface area (Å²) in [6.07, 6.45) is -3.26. The van der Waals surface area contributed by atoms with Gasteiger partial charge >= 0.3 is 6.09 Å². The van der Waals surface area contributed by atoms with Crippen LogP contribution < -0.4 is 20.0 Å². The zero-order chi connectivity index (χ0) is 33.7. The molecule has 14 heteroatoms. The number of hydrogen-bond donors (Lipinski definition) is 5. The molecule has 2 aromatic rings. The highest BCUT2D eigenvalue weighted by atomic mass is 16.6. The summed E-state index contributed by atoms with van der Waals surface area (Å²) in [6, 6.07) is 15.2. The number of benzene rings is 2. The van der Waals surface area contributed by atoms with Crippen molar-refractivity contribution in [1.82, 2.24) is 5.43 Å². The smallest absolute Gasteiger partial charge is 0.451 e. The van der Waals surface area contributed by atoms with E-state index in [1.165, 1.54) is 0 Å². The predicted molar refractivity (Wildman–Crippen MR) is 164 cm³/mol. The predicted octanol–water partition coefficient (Wildman–Crippen LogP) is -0.0816. The Kier molecular flexibility index (Phi) is 14.3. The number of nitrogens with one attached hydrogen (secondary N) is 1. The number of rotatable bonds is 18. The first-order chi connectivity index (χ1) is 21.1. The highest BCUT2D eigenvalue weighted by Crippen LogP contribution is 2.33. The minimum Gasteiger partial charge on any atom is -0.594 e. The summed E-state index contributed by atoms with van der Waals surface area (Å²) in [7, 11) is 6.69. The van der Waals surface area contributed by atoms with Crippen molar-refractivity contribution in [2.24, 2.45) is 5.10 Å². The first-order valence-electron chi connectivity index (χ1n) is 14.6. The number of carbonyl (C=O) groups is 1. The van der Waals surface area contributed by atoms with Gasteiger partial charge in [0.15, 0.2) is 0 Å². The van der Waals surface area contributed by atoms with Crippen molar-refractivity contribution in [2.75, 3.05) is 80.9 Å². The number of hydrogen-bond acceptors (Lipinski definition) is 11. The number of carbonyl (C=O) groups excluding carboxylic acids is 1. The molecule has 5 N–H and O–H groups in total. The van der Waals surface area contributed by atoms with Crippen LogP contribution in [0.15, 0.2) is 53.6 Å². The van der Waals surface area contributed by atoms with Crippen LogP contribution in [-0.2, 0) is 14.9 Å². The Labute approximate surface area is 264 Å². The van der Waals surface area contributed by atoms with E-state index in [0.29, 0.717) is 11.5 Å². The molecule has 45 heavy (non-hydrogen) atoms. The lowest BCUT2D eigenvalue weighted by Crippen LogP contribution is -2.58. The molecule has 0 saturated heterocycles. The molecule has 1 amide bonds. The third kappa shape index (κ3) is 13.5. The van der Waals surface area contributed by atoms with E-state index in [0.717, 1.165) is 11.1 Å². The second-order valence-electron chi connectivity index (χ2n) is 12.2. The van der Waals surface area contributed by atoms with Gasteiger partial charge in [0, 0.05) is 12.0 Å². The fourth-order valence-electron chi connectivity index (χ4n) is 4.52. The van der Waals surface area contributed by atoms with Gasteiger partial charge in [-0.15, -0.1) is 0 Å². The lowest BCUT2D eigenvalue weighted by molar-refractivity contribution is -0.928. The van der Waals surface area contributed by atoms with Gasteiger partial charge in [-0.2, -0.15) is 10.0 Å². The van der Waals surface area contributed by atoms with Crippen molar-refractivity contribution >= 4 is 12.2 Å². The Balaban J connectivity index is 1.89. The lowest BCUT2D eigenvalue weighted by Gasteiger charge is -2.30. The number of aliphatic hydroxyl groups excluding tert-OH is 4. The minimum absolute atomic E-state index is 0.00593. The second kappa shape index (κ2) is 17.1. The molecule has 2 unspecified atom stereocenters. The van der Waals surface area contributed by atoms with Gasteiger partial charge in [0.2, 0.25) is 6.08 Å². The Morgan fingerprint density at radius 2 is 1.27 bits per heavy atom. The van der Waals surface area contributed by atoms with Crippen LogP contribution in [0.2, 0.25) is 0 Å². The van der Waals surface area contributed by atoms with E-state index in [2.05, 4.69) is 24.4 Å². The van der Waals surface area contributed by atoms with Crippen molar-refractivity contribution < 1.29 is 58.5 Å². The van der Waals surface area contributed by atoms with Crippen LogP contribution in [0.5, 0.6) is 11.5 Å². The molecule has 0 aliphatic carbocycles. The topological polar surface area (TPSA) is 182 Å². The highest BCUT2D eigenvalue weighted by Gasteiger charge is 2.26. The van der Waals surface area contributed by atoms with Crippen molar-refractivity contribution in [1.29, 1.82) is 0 Å². The van der Waals surface area contributed by atoms with E-state index in [-0.39, 0.29) is 67.3 Å². The van der Waals surface area contributed by atoms with E-state index in [1.807, 2.05) is 48.5 Å². The first-order valence-corrected chi connectivity index (χ1v) is 14.6. The molecule has 0 fully saturated rings. The van der Waals surface area contributed by atoms with E-state index in [1.54, 1.807) is 28.2 Å². The molecule has 0 aromatic heterocycles. The SMILES string of the molecule is CC(C)(c1ccc(OCC(O)C[N+](C)(C)N=C([O-])OCCO)cc1)c1ccc(OCC(O)C[N+](C)(C)NC(=O)OCCO)cc1. The fourth-order valence-corrected chi connectivity index (χ4v) is 4.52. The van der Waals surface area contributed by atoms with Crippen LogP contribution in [-0.4, -0.2) is 135 Å². The molecule has 0 heterocycles. The van der Waals surface area contributed by atoms with Crippen LogP contribution in [0.3, 0.4) is 0 Å². The Morgan fingerprint density at radius 1 is 0.822 bits per heavy atom. The average Bonchev–Trinajstić information content (AvgIpc) is 2.96. The molecule has 0 aliphatic rings. The third-order valence-electron chi connectivity index (χ3n) is 6.75. The largest absolute Gasteiger partial charge is 0.594 e. The zero-order valence-corrected chi connectivity index (χ0v) is 27.0. The molecule has 0 spiro atoms. The maximum atomic E-state index is 11.7. The van der Waals surface area contributed by atoms with E-state index in [9.17, 15) is 20.1 Å². The summed E-state index contributed by atoms with van der Waals surface area (Å²) < 4.78 is 20.9. The van der Waals surface area contributed by atoms with E-state index in [4.69, 9.17) is 29.2 Å². The van der Waals surface area contributed by atoms with Crippen molar-refractivity contribution in [3.05, 3.63) is 59.7 Å². The fraction of sp³-hybridized carbons (Fsp3) is 0.548. The molecule has 0 radical (unpaired) electrons. The summed E-state index contributed by atoms with van der Waals surface area (Å²) in [5, 5.41) is 53.9. The summed E-state index contributed by atoms with van der Waals surface area (Å²) in [5.41, 5.74) is 4.34. The number of likely N-dealkylation sites (N-methyl/N-ethyl adjacent to an activating group) is 2. The van der Waals surface area contributed by atoms with Crippen LogP contribution >= 0.6 is 0 Å². The molecular weight excluding hydrogens is 588 g/mol. The van der Waals surface area contributed by atoms with Gasteiger partial charge in [-0.25, -0.2) is 9.39 Å². The number of quaternary nitrogens is 2. The summed E-state index contributed by atoms with van der Waals surface area (Å²) in [4.78, 5) is 11.7. The Morgan fingerprint density at radius 3 is 1.73 bits per heavy atom. The van der Waals surface area contributed by atoms with Gasteiger partial charge < -0.3 is 44.5 Å². The van der Waals surface area contributed by atoms with Crippen LogP contribution in [0.1, 0.15) is 25.0 Å². The molecule has 252 valence electrons. The maximum Gasteiger partial charge on any atom is 0.451 e. The lowest BCUT2D eigenvalue weighted by atomic mass is 9.78. The minimum atomic E-state index is -0.893.